The van der Waals surface area contributed by atoms with Gasteiger partial charge in [0.25, 0.3) is 0 Å². The zero-order chi connectivity index (χ0) is 15.2. The van der Waals surface area contributed by atoms with Crippen LogP contribution in [0.5, 0.6) is 0 Å². The van der Waals surface area contributed by atoms with Gasteiger partial charge in [0.05, 0.1) is 11.8 Å². The number of benzene rings is 1. The van der Waals surface area contributed by atoms with Crippen LogP contribution in [0.3, 0.4) is 0 Å². The molecule has 0 spiro atoms. The molecular formula is C18H22O3. The molecule has 0 saturated carbocycles. The highest BCUT2D eigenvalue weighted by molar-refractivity contribution is 5.96. The predicted octanol–water partition coefficient (Wildman–Crippen LogP) is 3.85. The van der Waals surface area contributed by atoms with Gasteiger partial charge in [-0.15, -0.1) is 0 Å². The molecular weight excluding hydrogens is 264 g/mol. The molecule has 1 saturated heterocycles. The highest BCUT2D eigenvalue weighted by atomic mass is 16.6. The first-order valence-corrected chi connectivity index (χ1v) is 7.55. The zero-order valence-electron chi connectivity index (χ0n) is 12.6. The van der Waals surface area contributed by atoms with E-state index >= 15 is 0 Å². The Bertz CT molecular complexity index is 519. The fourth-order valence-electron chi connectivity index (χ4n) is 2.59. The van der Waals surface area contributed by atoms with Crippen molar-refractivity contribution in [2.45, 2.75) is 39.0 Å². The number of ether oxygens (including phenoxy) is 1. The van der Waals surface area contributed by atoms with Crippen LogP contribution in [-0.4, -0.2) is 11.9 Å². The summed E-state index contributed by atoms with van der Waals surface area (Å²) in [6.07, 6.45) is 6.73. The second-order valence-electron chi connectivity index (χ2n) is 5.73. The van der Waals surface area contributed by atoms with E-state index in [0.717, 1.165) is 12.8 Å². The molecule has 0 aromatic heterocycles. The van der Waals surface area contributed by atoms with E-state index in [1.807, 2.05) is 12.1 Å². The number of cyclic esters (lactones) is 2. The molecule has 1 aromatic rings. The summed E-state index contributed by atoms with van der Waals surface area (Å²) in [6, 6.07) is 10.4. The molecule has 1 aliphatic heterocycles. The van der Waals surface area contributed by atoms with Gasteiger partial charge in [-0.05, 0) is 30.7 Å². The number of allylic oxidation sites excluding steroid dienone is 2. The van der Waals surface area contributed by atoms with Gasteiger partial charge in [-0.3, -0.25) is 9.59 Å². The van der Waals surface area contributed by atoms with Crippen LogP contribution in [0.25, 0.3) is 0 Å². The van der Waals surface area contributed by atoms with Gasteiger partial charge in [-0.25, -0.2) is 0 Å². The van der Waals surface area contributed by atoms with Crippen molar-refractivity contribution in [1.29, 1.82) is 0 Å². The van der Waals surface area contributed by atoms with Gasteiger partial charge < -0.3 is 4.74 Å². The van der Waals surface area contributed by atoms with Gasteiger partial charge in [0, 0.05) is 0 Å². The molecule has 112 valence electrons. The largest absolute Gasteiger partial charge is 0.393 e. The summed E-state index contributed by atoms with van der Waals surface area (Å²) in [5.41, 5.74) is 1.35. The van der Waals surface area contributed by atoms with Crippen molar-refractivity contribution in [1.82, 2.24) is 0 Å². The first-order chi connectivity index (χ1) is 10.1. The lowest BCUT2D eigenvalue weighted by atomic mass is 9.93. The number of carbonyl (C=O) groups excluding carboxylic acids is 2. The third kappa shape index (κ3) is 4.03. The fourth-order valence-corrected chi connectivity index (χ4v) is 2.59. The monoisotopic (exact) mass is 286 g/mol. The maximum atomic E-state index is 11.5. The summed E-state index contributed by atoms with van der Waals surface area (Å²) < 4.78 is 4.63. The minimum absolute atomic E-state index is 0.305. The highest BCUT2D eigenvalue weighted by Crippen LogP contribution is 2.26. The standard InChI is InChI=1S/C18H22O3/c1-13(15-10-6-4-7-11-15)9-5-3-8-12-16-14(2)17(19)21-18(16)20/h3-4,6-8,10-11,13-14,16H,5,9,12H2,1-2H3. The van der Waals surface area contributed by atoms with Gasteiger partial charge in [0.1, 0.15) is 0 Å². The van der Waals surface area contributed by atoms with E-state index in [4.69, 9.17) is 0 Å². The van der Waals surface area contributed by atoms with Gasteiger partial charge in [-0.2, -0.15) is 0 Å². The summed E-state index contributed by atoms with van der Waals surface area (Å²) >= 11 is 0. The Morgan fingerprint density at radius 3 is 2.48 bits per heavy atom. The molecule has 3 unspecified atom stereocenters. The van der Waals surface area contributed by atoms with Crippen molar-refractivity contribution < 1.29 is 14.3 Å². The lowest BCUT2D eigenvalue weighted by Gasteiger charge is -2.10. The lowest BCUT2D eigenvalue weighted by molar-refractivity contribution is -0.153. The number of esters is 2. The summed E-state index contributed by atoms with van der Waals surface area (Å²) in [5, 5.41) is 0. The molecule has 1 fully saturated rings. The Hall–Kier alpha value is -1.90. The number of carbonyl (C=O) groups is 2. The molecule has 3 heteroatoms. The summed E-state index contributed by atoms with van der Waals surface area (Å²) in [6.45, 7) is 3.97. The Morgan fingerprint density at radius 1 is 1.14 bits per heavy atom. The molecule has 0 aliphatic carbocycles. The minimum atomic E-state index is -0.393. The molecule has 0 N–H and O–H groups in total. The van der Waals surface area contributed by atoms with E-state index in [-0.39, 0.29) is 17.8 Å². The van der Waals surface area contributed by atoms with Crippen LogP contribution >= 0.6 is 0 Å². The second kappa shape index (κ2) is 7.21. The fraction of sp³-hybridized carbons (Fsp3) is 0.444. The molecule has 1 heterocycles. The first-order valence-electron chi connectivity index (χ1n) is 7.55. The van der Waals surface area contributed by atoms with Crippen LogP contribution in [0.4, 0.5) is 0 Å². The molecule has 0 radical (unpaired) electrons. The van der Waals surface area contributed by atoms with Crippen molar-refractivity contribution in [2.75, 3.05) is 0 Å². The Balaban J connectivity index is 1.74. The maximum absolute atomic E-state index is 11.5. The maximum Gasteiger partial charge on any atom is 0.317 e. The number of hydrogen-bond donors (Lipinski definition) is 0. The summed E-state index contributed by atoms with van der Waals surface area (Å²) in [4.78, 5) is 22.7. The highest BCUT2D eigenvalue weighted by Gasteiger charge is 2.40. The van der Waals surface area contributed by atoms with Crippen molar-refractivity contribution in [3.05, 3.63) is 48.0 Å². The molecule has 0 bridgehead atoms. The summed E-state index contributed by atoms with van der Waals surface area (Å²) in [7, 11) is 0. The van der Waals surface area contributed by atoms with E-state index < -0.39 is 5.97 Å². The van der Waals surface area contributed by atoms with Gasteiger partial charge in [-0.1, -0.05) is 56.3 Å². The Kier molecular flexibility index (Phi) is 5.32. The molecule has 1 aliphatic rings. The van der Waals surface area contributed by atoms with Crippen LogP contribution in [0.2, 0.25) is 0 Å². The van der Waals surface area contributed by atoms with Crippen molar-refractivity contribution in [2.24, 2.45) is 11.8 Å². The first kappa shape index (κ1) is 15.5. The van der Waals surface area contributed by atoms with Gasteiger partial charge in [0.15, 0.2) is 0 Å². The topological polar surface area (TPSA) is 43.4 Å². The molecule has 21 heavy (non-hydrogen) atoms. The lowest BCUT2D eigenvalue weighted by Crippen LogP contribution is -2.13. The molecule has 1 aromatic carbocycles. The van der Waals surface area contributed by atoms with E-state index in [1.54, 1.807) is 6.92 Å². The average molecular weight is 286 g/mol. The third-order valence-corrected chi connectivity index (χ3v) is 4.17. The summed E-state index contributed by atoms with van der Waals surface area (Å²) in [5.74, 6) is -0.871. The molecule has 3 atom stereocenters. The van der Waals surface area contributed by atoms with Crippen molar-refractivity contribution >= 4 is 11.9 Å². The number of hydrogen-bond acceptors (Lipinski definition) is 3. The van der Waals surface area contributed by atoms with Gasteiger partial charge in [0.2, 0.25) is 0 Å². The minimum Gasteiger partial charge on any atom is -0.393 e. The van der Waals surface area contributed by atoms with Crippen LogP contribution < -0.4 is 0 Å². The number of rotatable bonds is 6. The quantitative estimate of drug-likeness (QED) is 0.453. The third-order valence-electron chi connectivity index (χ3n) is 4.17. The van der Waals surface area contributed by atoms with Gasteiger partial charge >= 0.3 is 11.9 Å². The van der Waals surface area contributed by atoms with E-state index in [9.17, 15) is 9.59 Å². The van der Waals surface area contributed by atoms with Crippen LogP contribution in [0, 0.1) is 11.8 Å². The molecule has 3 nitrogen and oxygen atoms in total. The smallest absolute Gasteiger partial charge is 0.317 e. The normalized spacial score (nSPS) is 23.5. The molecule has 0 amide bonds. The SMILES string of the molecule is CC(CCC=CCC1C(=O)OC(=O)C1C)c1ccccc1. The molecule has 2 rings (SSSR count). The van der Waals surface area contributed by atoms with Crippen LogP contribution in [-0.2, 0) is 14.3 Å². The van der Waals surface area contributed by atoms with Crippen molar-refractivity contribution in [3.8, 4) is 0 Å². The Morgan fingerprint density at radius 2 is 1.86 bits per heavy atom. The van der Waals surface area contributed by atoms with Crippen molar-refractivity contribution in [3.63, 3.8) is 0 Å². The average Bonchev–Trinajstić information content (AvgIpc) is 2.73. The predicted molar refractivity (Wildman–Crippen MR) is 81.6 cm³/mol. The van der Waals surface area contributed by atoms with E-state index in [1.165, 1.54) is 5.56 Å². The van der Waals surface area contributed by atoms with E-state index in [2.05, 4.69) is 42.0 Å². The van der Waals surface area contributed by atoms with Crippen LogP contribution in [0.1, 0.15) is 44.6 Å². The Labute approximate surface area is 126 Å². The van der Waals surface area contributed by atoms with Crippen LogP contribution in [0.15, 0.2) is 42.5 Å². The zero-order valence-corrected chi connectivity index (χ0v) is 12.6. The second-order valence-corrected chi connectivity index (χ2v) is 5.73. The van der Waals surface area contributed by atoms with E-state index in [0.29, 0.717) is 12.3 Å².